The highest BCUT2D eigenvalue weighted by molar-refractivity contribution is 5.77. The summed E-state index contributed by atoms with van der Waals surface area (Å²) in [5.41, 5.74) is -4.51. The number of aryl methyl sites for hydroxylation is 1. The van der Waals surface area contributed by atoms with E-state index in [4.69, 9.17) is 0 Å². The van der Waals surface area contributed by atoms with Crippen LogP contribution in [0.3, 0.4) is 0 Å². The standard InChI is InChI=1S/C21H29F3.C2H6/c1-9-12-17(16-14-11-10-13-15(16)2)20(22,18(3,4)5)21(23,24)19(6,7)8;1-2/h9-14H,1H2,2-8H3;1-2H3/b17-12+;. The van der Waals surface area contributed by atoms with E-state index in [-0.39, 0.29) is 5.57 Å². The predicted octanol–water partition coefficient (Wildman–Crippen LogP) is 8.03. The van der Waals surface area contributed by atoms with Crippen LogP contribution in [0.4, 0.5) is 13.2 Å². The number of hydrogen-bond acceptors (Lipinski definition) is 0. The molecule has 1 unspecified atom stereocenters. The second kappa shape index (κ2) is 8.45. The number of hydrogen-bond donors (Lipinski definition) is 0. The van der Waals surface area contributed by atoms with Gasteiger partial charge in [-0.1, -0.05) is 98.4 Å². The highest BCUT2D eigenvalue weighted by Gasteiger charge is 2.68. The minimum Gasteiger partial charge on any atom is -0.231 e. The summed E-state index contributed by atoms with van der Waals surface area (Å²) in [6.45, 7) is 18.1. The van der Waals surface area contributed by atoms with E-state index in [9.17, 15) is 0 Å². The van der Waals surface area contributed by atoms with Crippen LogP contribution in [0.15, 0.2) is 43.0 Å². The summed E-state index contributed by atoms with van der Waals surface area (Å²) in [6, 6.07) is 7.02. The van der Waals surface area contributed by atoms with Gasteiger partial charge in [0.1, 0.15) is 0 Å². The van der Waals surface area contributed by atoms with Crippen LogP contribution in [0.1, 0.15) is 66.5 Å². The molecule has 0 saturated heterocycles. The van der Waals surface area contributed by atoms with E-state index in [2.05, 4.69) is 6.58 Å². The Morgan fingerprint density at radius 1 is 0.885 bits per heavy atom. The minimum atomic E-state index is -3.59. The summed E-state index contributed by atoms with van der Waals surface area (Å²) in [4.78, 5) is 0. The number of halogens is 3. The number of alkyl halides is 3. The molecule has 0 bridgehead atoms. The second-order valence-corrected chi connectivity index (χ2v) is 8.36. The number of rotatable bonds is 4. The molecule has 3 heteroatoms. The van der Waals surface area contributed by atoms with Crippen molar-refractivity contribution in [1.82, 2.24) is 0 Å². The SMILES string of the molecule is C=C/C=C(\c1ccccc1C)C(F)(C(C)(C)C)C(F)(F)C(C)(C)C.CC. The Morgan fingerprint density at radius 2 is 1.35 bits per heavy atom. The maximum atomic E-state index is 16.4. The zero-order valence-electron chi connectivity index (χ0n) is 17.8. The molecule has 0 aliphatic carbocycles. The molecule has 0 N–H and O–H groups in total. The lowest BCUT2D eigenvalue weighted by Crippen LogP contribution is -2.60. The van der Waals surface area contributed by atoms with Gasteiger partial charge in [0.2, 0.25) is 5.67 Å². The summed E-state index contributed by atoms with van der Waals surface area (Å²) in [5, 5.41) is 0. The van der Waals surface area contributed by atoms with Crippen molar-refractivity contribution in [3.8, 4) is 0 Å². The van der Waals surface area contributed by atoms with Crippen molar-refractivity contribution >= 4 is 5.57 Å². The third-order valence-corrected chi connectivity index (χ3v) is 4.50. The highest BCUT2D eigenvalue weighted by Crippen LogP contribution is 2.59. The van der Waals surface area contributed by atoms with E-state index in [1.165, 1.54) is 53.7 Å². The zero-order valence-corrected chi connectivity index (χ0v) is 17.8. The first-order valence-electron chi connectivity index (χ1n) is 9.17. The lowest BCUT2D eigenvalue weighted by molar-refractivity contribution is -0.210. The van der Waals surface area contributed by atoms with Gasteiger partial charge in [0.25, 0.3) is 5.92 Å². The van der Waals surface area contributed by atoms with Crippen LogP contribution >= 0.6 is 0 Å². The van der Waals surface area contributed by atoms with Gasteiger partial charge in [-0.3, -0.25) is 0 Å². The Kier molecular flexibility index (Phi) is 7.96. The van der Waals surface area contributed by atoms with Gasteiger partial charge in [0.05, 0.1) is 0 Å². The Bertz CT molecular complexity index is 628. The molecule has 0 aromatic heterocycles. The Morgan fingerprint density at radius 3 is 1.69 bits per heavy atom. The molecule has 0 saturated carbocycles. The highest BCUT2D eigenvalue weighted by atomic mass is 19.3. The average molecular weight is 369 g/mol. The van der Waals surface area contributed by atoms with Gasteiger partial charge in [-0.05, 0) is 18.1 Å². The van der Waals surface area contributed by atoms with Crippen molar-refractivity contribution in [2.75, 3.05) is 0 Å². The van der Waals surface area contributed by atoms with E-state index in [1.807, 2.05) is 19.9 Å². The van der Waals surface area contributed by atoms with Gasteiger partial charge in [-0.2, -0.15) is 0 Å². The molecule has 1 aromatic carbocycles. The fourth-order valence-electron chi connectivity index (χ4n) is 2.94. The molecule has 0 radical (unpaired) electrons. The number of benzene rings is 1. The lowest BCUT2D eigenvalue weighted by Gasteiger charge is -2.49. The molecule has 0 amide bonds. The molecule has 0 aliphatic heterocycles. The Hall–Kier alpha value is -1.51. The molecular weight excluding hydrogens is 333 g/mol. The topological polar surface area (TPSA) is 0 Å². The molecule has 0 aliphatic rings. The molecule has 0 fully saturated rings. The van der Waals surface area contributed by atoms with Crippen molar-refractivity contribution in [3.05, 3.63) is 54.1 Å². The largest absolute Gasteiger partial charge is 0.290 e. The van der Waals surface area contributed by atoms with E-state index in [0.29, 0.717) is 5.56 Å². The summed E-state index contributed by atoms with van der Waals surface area (Å²) >= 11 is 0. The fraction of sp³-hybridized carbons (Fsp3) is 0.565. The van der Waals surface area contributed by atoms with Crippen molar-refractivity contribution in [2.45, 2.75) is 73.9 Å². The first-order valence-corrected chi connectivity index (χ1v) is 9.17. The summed E-state index contributed by atoms with van der Waals surface area (Å²) in [7, 11) is 0. The molecule has 0 heterocycles. The summed E-state index contributed by atoms with van der Waals surface area (Å²) < 4.78 is 47.3. The van der Waals surface area contributed by atoms with Gasteiger partial charge in [-0.25, -0.2) is 13.2 Å². The quantitative estimate of drug-likeness (QED) is 0.472. The second-order valence-electron chi connectivity index (χ2n) is 8.36. The smallest absolute Gasteiger partial charge is 0.231 e. The zero-order chi connectivity index (χ0) is 21.0. The average Bonchev–Trinajstić information content (AvgIpc) is 2.52. The fourth-order valence-corrected chi connectivity index (χ4v) is 2.94. The maximum absolute atomic E-state index is 16.4. The van der Waals surface area contributed by atoms with Gasteiger partial charge >= 0.3 is 0 Å². The van der Waals surface area contributed by atoms with Crippen LogP contribution in [-0.2, 0) is 0 Å². The van der Waals surface area contributed by atoms with Crippen molar-refractivity contribution in [3.63, 3.8) is 0 Å². The van der Waals surface area contributed by atoms with Crippen LogP contribution in [0, 0.1) is 17.8 Å². The molecular formula is C23H35F3. The minimum absolute atomic E-state index is 0.0250. The number of allylic oxidation sites excluding steroid dienone is 3. The van der Waals surface area contributed by atoms with Crippen molar-refractivity contribution in [2.24, 2.45) is 10.8 Å². The molecule has 1 aromatic rings. The molecule has 0 nitrogen and oxygen atoms in total. The first kappa shape index (κ1) is 24.5. The normalized spacial score (nSPS) is 15.6. The third-order valence-electron chi connectivity index (χ3n) is 4.50. The Labute approximate surface area is 158 Å². The third kappa shape index (κ3) is 4.24. The first-order chi connectivity index (χ1) is 11.7. The van der Waals surface area contributed by atoms with E-state index in [1.54, 1.807) is 25.1 Å². The van der Waals surface area contributed by atoms with Crippen molar-refractivity contribution < 1.29 is 13.2 Å². The monoisotopic (exact) mass is 368 g/mol. The molecule has 148 valence electrons. The van der Waals surface area contributed by atoms with Crippen LogP contribution < -0.4 is 0 Å². The predicted molar refractivity (Wildman–Crippen MR) is 108 cm³/mol. The van der Waals surface area contributed by atoms with Gasteiger partial charge in [-0.15, -0.1) is 0 Å². The lowest BCUT2D eigenvalue weighted by atomic mass is 9.62. The van der Waals surface area contributed by atoms with Crippen LogP contribution in [0.25, 0.3) is 5.57 Å². The van der Waals surface area contributed by atoms with E-state index >= 15 is 13.2 Å². The van der Waals surface area contributed by atoms with Crippen LogP contribution in [-0.4, -0.2) is 11.6 Å². The molecule has 1 rings (SSSR count). The van der Waals surface area contributed by atoms with Gasteiger partial charge in [0, 0.05) is 16.4 Å². The van der Waals surface area contributed by atoms with Crippen LogP contribution in [0.5, 0.6) is 0 Å². The molecule has 26 heavy (non-hydrogen) atoms. The molecule has 1 atom stereocenters. The van der Waals surface area contributed by atoms with Gasteiger partial charge in [0.15, 0.2) is 0 Å². The Balaban J connectivity index is 0.00000301. The van der Waals surface area contributed by atoms with Crippen molar-refractivity contribution in [1.29, 1.82) is 0 Å². The van der Waals surface area contributed by atoms with E-state index < -0.39 is 22.4 Å². The van der Waals surface area contributed by atoms with Gasteiger partial charge < -0.3 is 0 Å². The van der Waals surface area contributed by atoms with E-state index in [0.717, 1.165) is 5.56 Å². The maximum Gasteiger partial charge on any atom is 0.290 e. The molecule has 0 spiro atoms. The summed E-state index contributed by atoms with van der Waals surface area (Å²) in [6.07, 6.45) is 2.76. The van der Waals surface area contributed by atoms with Crippen LogP contribution in [0.2, 0.25) is 0 Å². The summed E-state index contributed by atoms with van der Waals surface area (Å²) in [5.74, 6) is -3.59.